The lowest BCUT2D eigenvalue weighted by Gasteiger charge is -2.28. The molecule has 10 rings (SSSR count). The molecule has 0 atom stereocenters. The maximum absolute atomic E-state index is 10.1. The number of aromatic nitrogens is 1. The van der Waals surface area contributed by atoms with Gasteiger partial charge in [-0.05, 0) is 99.4 Å². The zero-order valence-electron chi connectivity index (χ0n) is 65.9. The summed E-state index contributed by atoms with van der Waals surface area (Å²) in [6, 6.07) is -43.9. The van der Waals surface area contributed by atoms with Gasteiger partial charge in [-0.3, -0.25) is 0 Å². The molecule has 0 unspecified atom stereocenters. The molecule has 0 bridgehead atoms. The fraction of sp³-hybridized carbons (Fsp3) is 0. The first kappa shape index (κ1) is 12.0. The van der Waals surface area contributed by atoms with Crippen molar-refractivity contribution in [3.05, 3.63) is 230 Å². The van der Waals surface area contributed by atoms with Crippen molar-refractivity contribution in [2.75, 3.05) is 4.90 Å². The normalized spacial score (nSPS) is 20.7. The Hall–Kier alpha value is -7.42. The van der Waals surface area contributed by atoms with Crippen LogP contribution in [0.5, 0.6) is 0 Å². The Kier molecular flexibility index (Phi) is 3.10. The zero-order chi connectivity index (χ0) is 70.3. The second kappa shape index (κ2) is 14.4. The molecule has 264 valence electrons. The van der Waals surface area contributed by atoms with Crippen LogP contribution in [0.1, 0.15) is 52.1 Å². The predicted octanol–water partition coefficient (Wildman–Crippen LogP) is 14.9. The van der Waals surface area contributed by atoms with Crippen molar-refractivity contribution in [1.29, 1.82) is 0 Å². The van der Waals surface area contributed by atoms with E-state index in [1.807, 2.05) is 0 Å². The lowest BCUT2D eigenvalue weighted by Crippen LogP contribution is -2.11. The molecule has 0 spiro atoms. The van der Waals surface area contributed by atoms with Crippen LogP contribution in [-0.4, -0.2) is 4.57 Å². The van der Waals surface area contributed by atoms with Crippen LogP contribution in [-0.2, 0) is 0 Å². The molecule has 0 saturated heterocycles. The Morgan fingerprint density at radius 2 is 0.821 bits per heavy atom. The summed E-state index contributed by atoms with van der Waals surface area (Å²) < 4.78 is 344. The second-order valence-electron chi connectivity index (χ2n) is 11.3. The Balaban J connectivity index is 1.41. The second-order valence-corrected chi connectivity index (χ2v) is 11.3. The minimum Gasteiger partial charge on any atom is -0.310 e. The van der Waals surface area contributed by atoms with Crippen molar-refractivity contribution < 1.29 is 52.1 Å². The molecule has 10 aromatic rings. The number of nitrogens with zero attached hydrogens (tertiary/aromatic N) is 2. The van der Waals surface area contributed by atoms with Crippen molar-refractivity contribution in [3.8, 4) is 50.2 Å². The molecular weight excluding hydrogens is 677 g/mol. The molecular formula is C54H38N2. The molecule has 1 heterocycles. The molecule has 9 aromatic carbocycles. The predicted molar refractivity (Wildman–Crippen MR) is 237 cm³/mol. The summed E-state index contributed by atoms with van der Waals surface area (Å²) in [5, 5.41) is -1.50. The molecule has 0 fully saturated rings. The molecule has 0 radical (unpaired) electrons. The van der Waals surface area contributed by atoms with Gasteiger partial charge in [0.05, 0.1) is 68.8 Å². The van der Waals surface area contributed by atoms with Crippen molar-refractivity contribution in [3.63, 3.8) is 0 Å². The largest absolute Gasteiger partial charge is 0.310 e. The monoisotopic (exact) mass is 753 g/mol. The number of rotatable bonds is 8. The average molecular weight is 753 g/mol. The van der Waals surface area contributed by atoms with Crippen LogP contribution in [0.25, 0.3) is 72.0 Å². The van der Waals surface area contributed by atoms with Gasteiger partial charge >= 0.3 is 0 Å². The van der Waals surface area contributed by atoms with E-state index in [0.29, 0.717) is 4.57 Å². The summed E-state index contributed by atoms with van der Waals surface area (Å²) in [7, 11) is 0. The summed E-state index contributed by atoms with van der Waals surface area (Å²) in [6.45, 7) is 0. The van der Waals surface area contributed by atoms with E-state index in [-0.39, 0.29) is 4.90 Å². The highest BCUT2D eigenvalue weighted by Crippen LogP contribution is 2.43. The first-order valence-corrected chi connectivity index (χ1v) is 16.1. The van der Waals surface area contributed by atoms with E-state index in [0.717, 1.165) is 0 Å². The molecule has 2 heteroatoms. The van der Waals surface area contributed by atoms with Crippen molar-refractivity contribution in [2.45, 2.75) is 0 Å². The highest BCUT2D eigenvalue weighted by molar-refractivity contribution is 6.10. The number of hydrogen-bond donors (Lipinski definition) is 0. The maximum atomic E-state index is 10.1. The quantitative estimate of drug-likeness (QED) is 0.150. The van der Waals surface area contributed by atoms with Crippen LogP contribution >= 0.6 is 0 Å². The molecule has 0 N–H and O–H groups in total. The molecule has 1 aromatic heterocycles. The van der Waals surface area contributed by atoms with E-state index in [1.54, 1.807) is 0 Å². The van der Waals surface area contributed by atoms with Crippen LogP contribution in [0, 0.1) is 0 Å². The van der Waals surface area contributed by atoms with Gasteiger partial charge in [-0.1, -0.05) is 169 Å². The fourth-order valence-corrected chi connectivity index (χ4v) is 5.63. The van der Waals surface area contributed by atoms with E-state index in [4.69, 9.17) is 34.3 Å². The first-order chi connectivity index (χ1) is 43.6. The van der Waals surface area contributed by atoms with Crippen LogP contribution in [0.2, 0.25) is 0 Å². The summed E-state index contributed by atoms with van der Waals surface area (Å²) in [5.41, 5.74) is -14.7. The average Bonchev–Trinajstić information content (AvgIpc) is 1.41. The number of anilines is 3. The third-order valence-electron chi connectivity index (χ3n) is 8.06. The summed E-state index contributed by atoms with van der Waals surface area (Å²) in [4.78, 5) is 0.189. The van der Waals surface area contributed by atoms with E-state index in [1.165, 1.54) is 0 Å². The van der Waals surface area contributed by atoms with Gasteiger partial charge in [0.1, 0.15) is 0 Å². The Labute approximate surface area is 381 Å². The third-order valence-corrected chi connectivity index (χ3v) is 8.06. The van der Waals surface area contributed by atoms with Gasteiger partial charge in [-0.2, -0.15) is 0 Å². The smallest absolute Gasteiger partial charge is 0.0651 e. The molecule has 0 aliphatic carbocycles. The number of fused-ring (bicyclic) bond motifs is 3. The van der Waals surface area contributed by atoms with Gasteiger partial charge in [0.25, 0.3) is 0 Å². The number of hydrogen-bond acceptors (Lipinski definition) is 1. The van der Waals surface area contributed by atoms with Gasteiger partial charge < -0.3 is 9.47 Å². The first-order valence-electron chi connectivity index (χ1n) is 35.1. The summed E-state index contributed by atoms with van der Waals surface area (Å²) in [6.07, 6.45) is 0. The van der Waals surface area contributed by atoms with Gasteiger partial charge in [-0.25, -0.2) is 0 Å². The minimum atomic E-state index is -1.46. The summed E-state index contributed by atoms with van der Waals surface area (Å²) in [5.74, 6) is 0. The molecule has 0 saturated carbocycles. The van der Waals surface area contributed by atoms with E-state index < -0.39 is 319 Å². The highest BCUT2D eigenvalue weighted by atomic mass is 15.1. The van der Waals surface area contributed by atoms with E-state index >= 15 is 0 Å². The SMILES string of the molecule is [2H]c1c([2H])c([2H])c(-c2c([2H])c([2H])c(-c3c([2H])c([2H])c(N(c4c([2H])c([2H])c([2H])c(-c5c([2H])c([2H])c6c(c5[2H])c5c([2H])c([2H])c([2H])c([2H])c5n6-c5c([2H])c([2H])c([2H])c([2H])c5[2H])c4[2H])c4c([2H])c([2H])c([2H])c([2H])c4-c4c([2H])c([2H])c([2H])c([2H])c4[2H])c([2H])c3[2H])c([2H])c2[2H])c([2H])c1[2H]. The molecule has 0 aliphatic rings. The summed E-state index contributed by atoms with van der Waals surface area (Å²) >= 11 is 0. The van der Waals surface area contributed by atoms with Crippen molar-refractivity contribution in [1.82, 2.24) is 4.57 Å². The van der Waals surface area contributed by atoms with E-state index in [9.17, 15) is 17.8 Å². The van der Waals surface area contributed by atoms with Crippen LogP contribution in [0.4, 0.5) is 17.1 Å². The molecule has 56 heavy (non-hydrogen) atoms. The van der Waals surface area contributed by atoms with Crippen molar-refractivity contribution >= 4 is 38.9 Å². The third kappa shape index (κ3) is 6.14. The Morgan fingerprint density at radius 1 is 0.321 bits per heavy atom. The molecule has 2 nitrogen and oxygen atoms in total. The highest BCUT2D eigenvalue weighted by Gasteiger charge is 2.19. The molecule has 0 aliphatic heterocycles. The Morgan fingerprint density at radius 3 is 1.54 bits per heavy atom. The molecule has 0 amide bonds. The maximum Gasteiger partial charge on any atom is 0.0651 e. The fourth-order valence-electron chi connectivity index (χ4n) is 5.63. The van der Waals surface area contributed by atoms with E-state index in [2.05, 4.69) is 0 Å². The minimum absolute atomic E-state index is 0.189. The van der Waals surface area contributed by atoms with Gasteiger partial charge in [0.15, 0.2) is 0 Å². The van der Waals surface area contributed by atoms with Gasteiger partial charge in [0.2, 0.25) is 0 Å². The van der Waals surface area contributed by atoms with Crippen LogP contribution in [0.15, 0.2) is 230 Å². The topological polar surface area (TPSA) is 8.17 Å². The van der Waals surface area contributed by atoms with Gasteiger partial charge in [0, 0.05) is 33.4 Å². The lowest BCUT2D eigenvalue weighted by molar-refractivity contribution is 1.18. The Bertz CT molecular complexity index is 5040. The number of benzene rings is 9. The lowest BCUT2D eigenvalue weighted by atomic mass is 9.98. The van der Waals surface area contributed by atoms with Gasteiger partial charge in [-0.15, -0.1) is 0 Å². The zero-order valence-corrected chi connectivity index (χ0v) is 27.9. The standard InChI is InChI=1S/C54H38N2/c1-4-15-39(16-5-1)40-27-29-41(30-28-40)42-31-34-47(35-32-42)55(52-25-12-10-23-49(52)43-17-6-2-7-18-43)48-22-14-19-44(37-48)45-33-36-54-51(38-45)50-24-11-13-26-53(50)56(54)46-20-8-3-9-21-46/h1-38H/i1D,2D,3D,4D,5D,6D,7D,8D,9D,10D,11D,12D,13D,14D,15D,16D,17D,18D,19D,20D,21D,22D,23D,24D,25D,26D,27D,28D,29D,30D,31D,32D,33D,34D,35D,36D,37D,38D. The van der Waals surface area contributed by atoms with Crippen LogP contribution < -0.4 is 4.90 Å². The van der Waals surface area contributed by atoms with Crippen molar-refractivity contribution in [2.24, 2.45) is 0 Å². The van der Waals surface area contributed by atoms with Crippen LogP contribution in [0.3, 0.4) is 0 Å². The number of para-hydroxylation sites is 3.